The highest BCUT2D eigenvalue weighted by Crippen LogP contribution is 2.55. The molecule has 0 unspecified atom stereocenters. The molecule has 3 aliphatic carbocycles. The van der Waals surface area contributed by atoms with E-state index in [1.165, 1.54) is 43.3 Å². The first-order chi connectivity index (χ1) is 19.1. The Morgan fingerprint density at radius 2 is 1.83 bits per heavy atom. The Kier molecular flexibility index (Phi) is 7.29. The summed E-state index contributed by atoms with van der Waals surface area (Å²) in [6, 6.07) is 1.65. The van der Waals surface area contributed by atoms with Gasteiger partial charge in [0.25, 0.3) is 5.91 Å². The number of nitrogens with one attached hydrogen (secondary N) is 1. The number of fused-ring (bicyclic) bond motifs is 3. The second-order valence-electron chi connectivity index (χ2n) is 11.7. The lowest BCUT2D eigenvalue weighted by atomic mass is 9.56. The number of aliphatic hydroxyl groups is 1. The van der Waals surface area contributed by atoms with E-state index in [-0.39, 0.29) is 29.9 Å². The molecule has 13 nitrogen and oxygen atoms in total. The van der Waals surface area contributed by atoms with Crippen molar-refractivity contribution in [2.24, 2.45) is 27.9 Å². The molecule has 5 N–H and O–H groups in total. The number of phenolic OH excluding ortho intramolecular Hbond substituents is 1. The first-order valence-corrected chi connectivity index (χ1v) is 12.9. The fourth-order valence-electron chi connectivity index (χ4n) is 6.28. The zero-order valence-corrected chi connectivity index (χ0v) is 23.2. The first kappa shape index (κ1) is 29.5. The van der Waals surface area contributed by atoms with Crippen LogP contribution in [-0.4, -0.2) is 69.7 Å². The maximum Gasteiger partial charge on any atom is 0.255 e. The van der Waals surface area contributed by atoms with Crippen molar-refractivity contribution in [2.75, 3.05) is 14.1 Å². The molecule has 0 aromatic heterocycles. The number of aromatic hydroxyl groups is 1. The van der Waals surface area contributed by atoms with Gasteiger partial charge in [-0.3, -0.25) is 24.1 Å². The van der Waals surface area contributed by atoms with Gasteiger partial charge in [0.15, 0.2) is 5.78 Å². The van der Waals surface area contributed by atoms with Crippen LogP contribution in [0.3, 0.4) is 0 Å². The van der Waals surface area contributed by atoms with Crippen molar-refractivity contribution in [3.8, 4) is 5.75 Å². The van der Waals surface area contributed by atoms with Crippen molar-refractivity contribution in [1.29, 1.82) is 0 Å². The van der Waals surface area contributed by atoms with E-state index in [1.54, 1.807) is 0 Å². The van der Waals surface area contributed by atoms with Gasteiger partial charge < -0.3 is 21.3 Å². The number of aliphatic hydroxyl groups excluding tert-OH is 1. The van der Waals surface area contributed by atoms with Gasteiger partial charge in [-0.05, 0) is 87.2 Å². The Morgan fingerprint density at radius 3 is 2.37 bits per heavy atom. The van der Waals surface area contributed by atoms with E-state index in [0.717, 1.165) is 0 Å². The first-order valence-electron chi connectivity index (χ1n) is 12.9. The number of amides is 2. The van der Waals surface area contributed by atoms with Crippen molar-refractivity contribution in [3.05, 3.63) is 67.3 Å². The summed E-state index contributed by atoms with van der Waals surface area (Å²) < 4.78 is 0. The molecule has 0 saturated carbocycles. The van der Waals surface area contributed by atoms with Crippen LogP contribution >= 0.6 is 0 Å². The summed E-state index contributed by atoms with van der Waals surface area (Å²) in [6.45, 7) is 5.46. The summed E-state index contributed by atoms with van der Waals surface area (Å²) in [7, 11) is 3.06. The fourth-order valence-corrected chi connectivity index (χ4v) is 6.28. The molecule has 1 aromatic carbocycles. The number of nitrogens with zero attached hydrogens (tertiary/aromatic N) is 3. The van der Waals surface area contributed by atoms with E-state index in [4.69, 9.17) is 5.73 Å². The van der Waals surface area contributed by atoms with E-state index in [9.17, 15) is 39.2 Å². The summed E-state index contributed by atoms with van der Waals surface area (Å²) in [6.07, 6.45) is 2.78. The van der Waals surface area contributed by atoms with Crippen LogP contribution in [0.4, 0.5) is 0 Å². The standard InChI is InChI=1S/C28H31N5O8/c1-27(2,3)30-17(35)9-7-12-6-8-16(34)19-14(12)10-13-11-15-21(33(4)5)23(37)20(26(29)39)25(38)28(15,32-41)24(31-40)18(13)22(19)36/h6-9,13,15,21,34,37H,10-11H2,1-5H3,(H2,29,39)(H,30,35)/b9-7+/t13-,15-,21-,28-/m0/s1. The quantitative estimate of drug-likeness (QED) is 0.226. The number of nitrogens with two attached hydrogens (primary N) is 1. The summed E-state index contributed by atoms with van der Waals surface area (Å²) >= 11 is 0. The highest BCUT2D eigenvalue weighted by molar-refractivity contribution is 6.25. The number of rotatable bonds is 6. The second-order valence-corrected chi connectivity index (χ2v) is 11.7. The zero-order chi connectivity index (χ0) is 30.6. The maximum absolute atomic E-state index is 13.9. The smallest absolute Gasteiger partial charge is 0.255 e. The molecular weight excluding hydrogens is 534 g/mol. The second kappa shape index (κ2) is 10.1. The topological polar surface area (TPSA) is 209 Å². The number of benzene rings is 1. The summed E-state index contributed by atoms with van der Waals surface area (Å²) in [5, 5.41) is 30.4. The molecule has 0 aliphatic heterocycles. The van der Waals surface area contributed by atoms with Crippen molar-refractivity contribution >= 4 is 29.5 Å². The minimum atomic E-state index is -2.61. The average molecular weight is 566 g/mol. The predicted molar refractivity (Wildman–Crippen MR) is 147 cm³/mol. The minimum absolute atomic E-state index is 0.0668. The average Bonchev–Trinajstić information content (AvgIpc) is 2.85. The SMILES string of the molecule is CN(C)[C@@H]1C(O)=C(C(N)=O)C(=O)[C@@]2(N=O)C(N=O)=C3C(=O)c4c(O)ccc(/C=C/C(=O)NC(C)(C)C)c4C[C@H]3C[C@@H]12. The number of allylic oxidation sites excluding steroid dienone is 1. The molecule has 13 heteroatoms. The molecule has 0 saturated heterocycles. The minimum Gasteiger partial charge on any atom is -0.510 e. The monoisotopic (exact) mass is 565 g/mol. The number of carbonyl (C=O) groups excluding carboxylic acids is 4. The van der Waals surface area contributed by atoms with Crippen molar-refractivity contribution < 1.29 is 29.4 Å². The van der Waals surface area contributed by atoms with Crippen LogP contribution < -0.4 is 11.1 Å². The number of ketones is 2. The van der Waals surface area contributed by atoms with Crippen LogP contribution in [0.15, 0.2) is 51.2 Å². The van der Waals surface area contributed by atoms with Gasteiger partial charge in [-0.25, -0.2) is 0 Å². The Morgan fingerprint density at radius 1 is 1.17 bits per heavy atom. The van der Waals surface area contributed by atoms with Crippen LogP contribution in [0.1, 0.15) is 48.7 Å². The van der Waals surface area contributed by atoms with E-state index in [0.29, 0.717) is 11.1 Å². The Labute approximate surface area is 235 Å². The third-order valence-electron chi connectivity index (χ3n) is 7.79. The van der Waals surface area contributed by atoms with Crippen LogP contribution in [0, 0.1) is 21.6 Å². The fraction of sp³-hybridized carbons (Fsp3) is 0.429. The van der Waals surface area contributed by atoms with Crippen LogP contribution in [-0.2, 0) is 20.8 Å². The molecule has 3 aliphatic rings. The van der Waals surface area contributed by atoms with Gasteiger partial charge in [-0.15, -0.1) is 9.81 Å². The molecular formula is C28H31N5O8. The number of phenols is 1. The third-order valence-corrected chi connectivity index (χ3v) is 7.79. The van der Waals surface area contributed by atoms with Crippen LogP contribution in [0.5, 0.6) is 5.75 Å². The molecule has 0 bridgehead atoms. The lowest BCUT2D eigenvalue weighted by molar-refractivity contribution is -0.127. The highest BCUT2D eigenvalue weighted by atomic mass is 16.3. The highest BCUT2D eigenvalue weighted by Gasteiger charge is 2.66. The summed E-state index contributed by atoms with van der Waals surface area (Å²) in [4.78, 5) is 78.5. The zero-order valence-electron chi connectivity index (χ0n) is 23.2. The normalized spacial score (nSPS) is 26.0. The van der Waals surface area contributed by atoms with Gasteiger partial charge in [-0.1, -0.05) is 6.07 Å². The lowest BCUT2D eigenvalue weighted by Gasteiger charge is -2.49. The third kappa shape index (κ3) is 4.55. The van der Waals surface area contributed by atoms with E-state index < -0.39 is 69.2 Å². The number of primary amides is 1. The molecule has 41 heavy (non-hydrogen) atoms. The van der Waals surface area contributed by atoms with Crippen LogP contribution in [0.25, 0.3) is 6.08 Å². The molecule has 0 radical (unpaired) electrons. The summed E-state index contributed by atoms with van der Waals surface area (Å²) in [5.74, 6) is -6.91. The Hall–Kier alpha value is -4.52. The Bertz CT molecular complexity index is 1500. The number of hydrogen-bond acceptors (Lipinski definition) is 11. The maximum atomic E-state index is 13.9. The lowest BCUT2D eigenvalue weighted by Crippen LogP contribution is -2.62. The number of Topliss-reactive ketones (excluding diaryl/α,β-unsaturated/α-hetero) is 2. The largest absolute Gasteiger partial charge is 0.510 e. The molecule has 4 atom stereocenters. The van der Waals surface area contributed by atoms with Crippen molar-refractivity contribution in [2.45, 2.75) is 50.7 Å². The van der Waals surface area contributed by atoms with Gasteiger partial charge in [0, 0.05) is 23.1 Å². The van der Waals surface area contributed by atoms with Crippen molar-refractivity contribution in [3.63, 3.8) is 0 Å². The number of nitroso groups, excluding NO2 is 2. The van der Waals surface area contributed by atoms with Crippen molar-refractivity contribution in [1.82, 2.24) is 10.2 Å². The molecule has 0 spiro atoms. The predicted octanol–water partition coefficient (Wildman–Crippen LogP) is 2.03. The number of hydrogen-bond donors (Lipinski definition) is 4. The van der Waals surface area contributed by atoms with Gasteiger partial charge in [0.05, 0.1) is 11.6 Å². The number of carbonyl (C=O) groups is 4. The molecule has 4 rings (SSSR count). The summed E-state index contributed by atoms with van der Waals surface area (Å²) in [5.41, 5.74) is 1.02. The number of likely N-dealkylation sites (N-methyl/N-ethyl adjacent to an activating group) is 1. The van der Waals surface area contributed by atoms with Gasteiger partial charge in [-0.2, -0.15) is 0 Å². The molecule has 0 heterocycles. The molecule has 2 amide bonds. The van der Waals surface area contributed by atoms with Gasteiger partial charge in [0.2, 0.25) is 17.2 Å². The van der Waals surface area contributed by atoms with E-state index in [2.05, 4.69) is 15.7 Å². The molecule has 0 fully saturated rings. The molecule has 216 valence electrons. The van der Waals surface area contributed by atoms with Gasteiger partial charge >= 0.3 is 0 Å². The van der Waals surface area contributed by atoms with Gasteiger partial charge in [0.1, 0.15) is 22.8 Å². The van der Waals surface area contributed by atoms with E-state index in [1.807, 2.05) is 20.8 Å². The van der Waals surface area contributed by atoms with E-state index >= 15 is 0 Å². The Balaban J connectivity index is 1.94. The van der Waals surface area contributed by atoms with Crippen LogP contribution in [0.2, 0.25) is 0 Å². The molecule has 1 aromatic rings.